The molecule has 33 heavy (non-hydrogen) atoms. The van der Waals surface area contributed by atoms with Gasteiger partial charge in [-0.25, -0.2) is 12.8 Å². The van der Waals surface area contributed by atoms with Crippen molar-refractivity contribution < 1.29 is 17.5 Å². The summed E-state index contributed by atoms with van der Waals surface area (Å²) >= 11 is 0. The zero-order chi connectivity index (χ0) is 23.4. The van der Waals surface area contributed by atoms with Crippen molar-refractivity contribution in [1.29, 1.82) is 5.26 Å². The van der Waals surface area contributed by atoms with Crippen LogP contribution < -0.4 is 0 Å². The summed E-state index contributed by atoms with van der Waals surface area (Å²) < 4.78 is 47.0. The van der Waals surface area contributed by atoms with Crippen LogP contribution in [0.25, 0.3) is 0 Å². The average Bonchev–Trinajstić information content (AvgIpc) is 2.81. The van der Waals surface area contributed by atoms with Crippen LogP contribution >= 0.6 is 0 Å². The van der Waals surface area contributed by atoms with Gasteiger partial charge in [0.05, 0.1) is 28.7 Å². The van der Waals surface area contributed by atoms with Gasteiger partial charge in [-0.1, -0.05) is 18.2 Å². The van der Waals surface area contributed by atoms with Crippen molar-refractivity contribution >= 4 is 10.0 Å². The van der Waals surface area contributed by atoms with Crippen LogP contribution in [0.4, 0.5) is 4.39 Å². The summed E-state index contributed by atoms with van der Waals surface area (Å²) in [5, 5.41) is 8.90. The van der Waals surface area contributed by atoms with Gasteiger partial charge in [0.15, 0.2) is 0 Å². The number of hydrogen-bond acceptors (Lipinski definition) is 6. The molecule has 0 N–H and O–H groups in total. The second-order valence-corrected chi connectivity index (χ2v) is 10.7. The highest BCUT2D eigenvalue weighted by molar-refractivity contribution is 7.89. The predicted molar refractivity (Wildman–Crippen MR) is 123 cm³/mol. The van der Waals surface area contributed by atoms with Gasteiger partial charge in [0, 0.05) is 52.9 Å². The molecule has 2 aromatic rings. The molecule has 4 rings (SSSR count). The van der Waals surface area contributed by atoms with Crippen LogP contribution in [-0.2, 0) is 21.2 Å². The van der Waals surface area contributed by atoms with Crippen LogP contribution in [0.2, 0.25) is 0 Å². The molecule has 2 aliphatic heterocycles. The number of likely N-dealkylation sites (N-methyl/N-ethyl adjacent to an activating group) is 1. The molecule has 176 valence electrons. The Hall–Kier alpha value is -2.35. The lowest BCUT2D eigenvalue weighted by molar-refractivity contribution is -0.138. The van der Waals surface area contributed by atoms with Gasteiger partial charge in [-0.05, 0) is 42.3 Å². The van der Waals surface area contributed by atoms with Gasteiger partial charge in [0.25, 0.3) is 0 Å². The number of rotatable bonds is 8. The summed E-state index contributed by atoms with van der Waals surface area (Å²) in [7, 11) is -2.02. The quantitative estimate of drug-likeness (QED) is 0.585. The largest absolute Gasteiger partial charge is 0.370 e. The molecule has 7 nitrogen and oxygen atoms in total. The van der Waals surface area contributed by atoms with Crippen LogP contribution in [0, 0.1) is 17.1 Å². The second-order valence-electron chi connectivity index (χ2n) is 8.70. The van der Waals surface area contributed by atoms with Crippen molar-refractivity contribution in [3.05, 3.63) is 65.5 Å². The molecule has 2 aromatic carbocycles. The summed E-state index contributed by atoms with van der Waals surface area (Å²) in [6.07, 6.45) is 0.811. The van der Waals surface area contributed by atoms with Gasteiger partial charge in [-0.15, -0.1) is 0 Å². The van der Waals surface area contributed by atoms with Crippen LogP contribution in [-0.4, -0.2) is 87.6 Å². The first-order valence-corrected chi connectivity index (χ1v) is 12.6. The van der Waals surface area contributed by atoms with Gasteiger partial charge < -0.3 is 4.74 Å². The third-order valence-electron chi connectivity index (χ3n) is 6.31. The molecule has 2 saturated heterocycles. The molecule has 2 heterocycles. The number of nitrogens with zero attached hydrogens (tertiary/aromatic N) is 4. The molecule has 9 heteroatoms. The Morgan fingerprint density at radius 1 is 1.03 bits per heavy atom. The van der Waals surface area contributed by atoms with Gasteiger partial charge in [-0.2, -0.15) is 9.57 Å². The first kappa shape index (κ1) is 23.8. The van der Waals surface area contributed by atoms with Crippen molar-refractivity contribution in [1.82, 2.24) is 14.1 Å². The third-order valence-corrected chi connectivity index (χ3v) is 8.18. The van der Waals surface area contributed by atoms with Gasteiger partial charge >= 0.3 is 0 Å². The molecule has 0 saturated carbocycles. The number of benzene rings is 2. The molecule has 2 aliphatic rings. The Morgan fingerprint density at radius 2 is 1.64 bits per heavy atom. The maximum atomic E-state index is 13.9. The molecular formula is C24H29FN4O3S. The van der Waals surface area contributed by atoms with Crippen molar-refractivity contribution in [2.24, 2.45) is 0 Å². The lowest BCUT2D eigenvalue weighted by Crippen LogP contribution is -2.60. The zero-order valence-corrected chi connectivity index (χ0v) is 19.5. The highest BCUT2D eigenvalue weighted by Crippen LogP contribution is 2.21. The standard InChI is InChI=1S/C24H29FN4O3S/c1-27(33(30,31)23-8-6-19(14-26)7-9-23)12-13-29-17-21-15-28(16-22(18-29)32-21)11-10-20-4-2-3-5-24(20)25/h2-9,21-22H,10-13,15-18H2,1H3. The number of ether oxygens (including phenoxy) is 1. The minimum absolute atomic E-state index is 0.0681. The van der Waals surface area contributed by atoms with Crippen molar-refractivity contribution in [3.63, 3.8) is 0 Å². The minimum Gasteiger partial charge on any atom is -0.370 e. The van der Waals surface area contributed by atoms with E-state index in [0.29, 0.717) is 25.1 Å². The number of nitriles is 1. The van der Waals surface area contributed by atoms with Crippen molar-refractivity contribution in [2.75, 3.05) is 52.9 Å². The third kappa shape index (κ3) is 5.78. The minimum atomic E-state index is -3.60. The monoisotopic (exact) mass is 472 g/mol. The van der Waals surface area contributed by atoms with Gasteiger partial charge in [0.2, 0.25) is 10.0 Å². The van der Waals surface area contributed by atoms with E-state index in [1.54, 1.807) is 13.1 Å². The van der Waals surface area contributed by atoms with E-state index in [-0.39, 0.29) is 22.9 Å². The molecule has 0 aliphatic carbocycles. The molecule has 2 fully saturated rings. The molecule has 0 aromatic heterocycles. The fourth-order valence-corrected chi connectivity index (χ4v) is 5.65. The van der Waals surface area contributed by atoms with Crippen molar-refractivity contribution in [3.8, 4) is 6.07 Å². The van der Waals surface area contributed by atoms with Gasteiger partial charge in [0.1, 0.15) is 5.82 Å². The maximum absolute atomic E-state index is 13.9. The van der Waals surface area contributed by atoms with E-state index in [4.69, 9.17) is 10.00 Å². The normalized spacial score (nSPS) is 21.8. The van der Waals surface area contributed by atoms with E-state index < -0.39 is 10.0 Å². The summed E-state index contributed by atoms with van der Waals surface area (Å²) in [5.41, 5.74) is 1.17. The fourth-order valence-electron chi connectivity index (χ4n) is 4.49. The lowest BCUT2D eigenvalue weighted by atomic mass is 10.1. The maximum Gasteiger partial charge on any atom is 0.242 e. The SMILES string of the molecule is CN(CCN1CC2CN(CCc3ccccc3F)CC(C1)O2)S(=O)(=O)c1ccc(C#N)cc1. The molecular weight excluding hydrogens is 443 g/mol. The van der Waals surface area contributed by atoms with Crippen molar-refractivity contribution in [2.45, 2.75) is 23.5 Å². The zero-order valence-electron chi connectivity index (χ0n) is 18.7. The topological polar surface area (TPSA) is 76.9 Å². The summed E-state index contributed by atoms with van der Waals surface area (Å²) in [6.45, 7) is 4.87. The summed E-state index contributed by atoms with van der Waals surface area (Å²) in [4.78, 5) is 4.79. The molecule has 0 radical (unpaired) electrons. The number of hydrogen-bond donors (Lipinski definition) is 0. The fraction of sp³-hybridized carbons (Fsp3) is 0.458. The highest BCUT2D eigenvalue weighted by Gasteiger charge is 2.35. The Labute approximate surface area is 195 Å². The summed E-state index contributed by atoms with van der Waals surface area (Å²) in [5.74, 6) is -0.155. The average molecular weight is 473 g/mol. The Bertz CT molecular complexity index is 1090. The first-order chi connectivity index (χ1) is 15.8. The molecule has 2 unspecified atom stereocenters. The Kier molecular flexibility index (Phi) is 7.41. The van der Waals surface area contributed by atoms with E-state index >= 15 is 0 Å². The predicted octanol–water partition coefficient (Wildman–Crippen LogP) is 1.95. The molecule has 0 amide bonds. The van der Waals surface area contributed by atoms with Crippen LogP contribution in [0.3, 0.4) is 0 Å². The molecule has 2 atom stereocenters. The number of sulfonamides is 1. The highest BCUT2D eigenvalue weighted by atomic mass is 32.2. The second kappa shape index (κ2) is 10.3. The van der Waals surface area contributed by atoms with E-state index in [9.17, 15) is 12.8 Å². The van der Waals surface area contributed by atoms with Crippen LogP contribution in [0.15, 0.2) is 53.4 Å². The smallest absolute Gasteiger partial charge is 0.242 e. The Morgan fingerprint density at radius 3 is 2.24 bits per heavy atom. The lowest BCUT2D eigenvalue weighted by Gasteiger charge is -2.46. The molecule has 0 spiro atoms. The van der Waals surface area contributed by atoms with Gasteiger partial charge in [-0.3, -0.25) is 9.80 Å². The van der Waals surface area contributed by atoms with E-state index in [1.165, 1.54) is 34.6 Å². The van der Waals surface area contributed by atoms with E-state index in [2.05, 4.69) is 9.80 Å². The summed E-state index contributed by atoms with van der Waals surface area (Å²) in [6, 6.07) is 14.9. The first-order valence-electron chi connectivity index (χ1n) is 11.2. The van der Waals surface area contributed by atoms with E-state index in [0.717, 1.165) is 38.3 Å². The van der Waals surface area contributed by atoms with Crippen LogP contribution in [0.1, 0.15) is 11.1 Å². The number of morpholine rings is 2. The number of halogens is 1. The molecule has 2 bridgehead atoms. The van der Waals surface area contributed by atoms with Crippen LogP contribution in [0.5, 0.6) is 0 Å². The van der Waals surface area contributed by atoms with E-state index in [1.807, 2.05) is 18.2 Å². The Balaban J connectivity index is 1.27. The number of fused-ring (bicyclic) bond motifs is 2.